The minimum absolute atomic E-state index is 0.141. The largest absolute Gasteiger partial charge is 0.419 e. The molecule has 0 saturated carbocycles. The molecule has 0 aliphatic carbocycles. The fourth-order valence-electron chi connectivity index (χ4n) is 1.58. The van der Waals surface area contributed by atoms with Crippen molar-refractivity contribution in [1.29, 1.82) is 0 Å². The Labute approximate surface area is 136 Å². The third-order valence-corrected chi connectivity index (χ3v) is 5.18. The zero-order chi connectivity index (χ0) is 14.8. The molecule has 108 valence electrons. The number of thiophene rings is 1. The number of halogens is 2. The Kier molecular flexibility index (Phi) is 4.27. The summed E-state index contributed by atoms with van der Waals surface area (Å²) < 4.78 is 19.9. The molecule has 8 heteroatoms. The lowest BCUT2D eigenvalue weighted by Crippen LogP contribution is -1.90. The van der Waals surface area contributed by atoms with Gasteiger partial charge in [0.25, 0.3) is 5.89 Å². The summed E-state index contributed by atoms with van der Waals surface area (Å²) in [6.07, 6.45) is 0. The van der Waals surface area contributed by atoms with Crippen molar-refractivity contribution in [1.82, 2.24) is 10.2 Å². The number of nitrogens with two attached hydrogens (primary N) is 1. The van der Waals surface area contributed by atoms with Gasteiger partial charge in [-0.3, -0.25) is 0 Å². The minimum Gasteiger partial charge on any atom is -0.419 e. The van der Waals surface area contributed by atoms with E-state index in [-0.39, 0.29) is 5.69 Å². The van der Waals surface area contributed by atoms with Crippen LogP contribution in [0.1, 0.15) is 5.89 Å². The molecule has 2 heterocycles. The summed E-state index contributed by atoms with van der Waals surface area (Å²) >= 11 is 6.32. The fraction of sp³-hybridized carbons (Fsp3) is 0.0769. The highest BCUT2D eigenvalue weighted by atomic mass is 79.9. The topological polar surface area (TPSA) is 64.9 Å². The predicted octanol–water partition coefficient (Wildman–Crippen LogP) is 4.57. The maximum absolute atomic E-state index is 13.3. The number of hydrogen-bond donors (Lipinski definition) is 1. The fourth-order valence-corrected chi connectivity index (χ4v) is 3.65. The Bertz CT molecular complexity index is 774. The number of anilines is 1. The van der Waals surface area contributed by atoms with Gasteiger partial charge < -0.3 is 10.2 Å². The van der Waals surface area contributed by atoms with Gasteiger partial charge in [-0.2, -0.15) is 0 Å². The van der Waals surface area contributed by atoms with Gasteiger partial charge in [0.1, 0.15) is 5.82 Å². The van der Waals surface area contributed by atoms with E-state index in [0.29, 0.717) is 17.5 Å². The van der Waals surface area contributed by atoms with Crippen molar-refractivity contribution in [2.24, 2.45) is 0 Å². The Morgan fingerprint density at radius 3 is 2.86 bits per heavy atom. The second-order valence-corrected chi connectivity index (χ2v) is 7.59. The maximum atomic E-state index is 13.3. The highest BCUT2D eigenvalue weighted by Gasteiger charge is 2.11. The molecule has 0 atom stereocenters. The van der Waals surface area contributed by atoms with Crippen molar-refractivity contribution >= 4 is 44.7 Å². The Balaban J connectivity index is 1.68. The molecule has 2 aromatic heterocycles. The van der Waals surface area contributed by atoms with Crippen LogP contribution in [0.15, 0.2) is 43.4 Å². The van der Waals surface area contributed by atoms with Crippen LogP contribution in [-0.2, 0) is 5.75 Å². The maximum Gasteiger partial charge on any atom is 0.257 e. The van der Waals surface area contributed by atoms with Gasteiger partial charge in [-0.25, -0.2) is 4.39 Å². The molecule has 3 rings (SSSR count). The average molecular weight is 386 g/mol. The first-order valence-electron chi connectivity index (χ1n) is 5.88. The Morgan fingerprint density at radius 2 is 2.14 bits per heavy atom. The second kappa shape index (κ2) is 6.17. The van der Waals surface area contributed by atoms with Crippen LogP contribution in [0, 0.1) is 5.82 Å². The van der Waals surface area contributed by atoms with Gasteiger partial charge >= 0.3 is 0 Å². The smallest absolute Gasteiger partial charge is 0.257 e. The van der Waals surface area contributed by atoms with Crippen molar-refractivity contribution in [2.45, 2.75) is 10.6 Å². The molecule has 0 fully saturated rings. The van der Waals surface area contributed by atoms with Crippen LogP contribution in [0.2, 0.25) is 0 Å². The van der Waals surface area contributed by atoms with Crippen LogP contribution in [-0.4, -0.2) is 10.2 Å². The van der Waals surface area contributed by atoms with Crippen LogP contribution < -0.4 is 5.73 Å². The number of aromatic nitrogens is 2. The number of nitrogens with zero attached hydrogens (tertiary/aromatic N) is 2. The van der Waals surface area contributed by atoms with E-state index in [1.165, 1.54) is 29.2 Å². The third kappa shape index (κ3) is 3.45. The summed E-state index contributed by atoms with van der Waals surface area (Å²) in [5, 5.41) is 8.00. The first kappa shape index (κ1) is 14.6. The van der Waals surface area contributed by atoms with Gasteiger partial charge in [0, 0.05) is 4.90 Å². The van der Waals surface area contributed by atoms with Crippen LogP contribution in [0.3, 0.4) is 0 Å². The predicted molar refractivity (Wildman–Crippen MR) is 85.7 cm³/mol. The number of benzene rings is 1. The molecule has 0 amide bonds. The molecule has 0 aliphatic heterocycles. The average Bonchev–Trinajstić information content (AvgIpc) is 3.09. The zero-order valence-electron chi connectivity index (χ0n) is 10.5. The first-order valence-corrected chi connectivity index (χ1v) is 8.47. The van der Waals surface area contributed by atoms with Crippen molar-refractivity contribution in [3.05, 3.63) is 45.8 Å². The van der Waals surface area contributed by atoms with Crippen molar-refractivity contribution in [2.75, 3.05) is 5.73 Å². The zero-order valence-corrected chi connectivity index (χ0v) is 13.8. The Morgan fingerprint density at radius 1 is 1.29 bits per heavy atom. The Hall–Kier alpha value is -1.38. The summed E-state index contributed by atoms with van der Waals surface area (Å²) in [6, 6.07) is 8.54. The van der Waals surface area contributed by atoms with Crippen molar-refractivity contribution < 1.29 is 8.81 Å². The highest BCUT2D eigenvalue weighted by molar-refractivity contribution is 9.11. The van der Waals surface area contributed by atoms with E-state index in [1.54, 1.807) is 12.1 Å². The first-order chi connectivity index (χ1) is 10.1. The van der Waals surface area contributed by atoms with Gasteiger partial charge in [-0.05, 0) is 46.3 Å². The third-order valence-electron chi connectivity index (χ3n) is 2.59. The molecular weight excluding hydrogens is 377 g/mol. The molecule has 1 aromatic carbocycles. The normalized spacial score (nSPS) is 11.0. The van der Waals surface area contributed by atoms with Crippen LogP contribution in [0.4, 0.5) is 10.1 Å². The minimum atomic E-state index is -0.422. The number of rotatable bonds is 4. The number of hydrogen-bond acceptors (Lipinski definition) is 6. The van der Waals surface area contributed by atoms with Gasteiger partial charge in [-0.15, -0.1) is 33.3 Å². The lowest BCUT2D eigenvalue weighted by molar-refractivity contribution is 0.529. The molecule has 0 unspecified atom stereocenters. The lowest BCUT2D eigenvalue weighted by Gasteiger charge is -2.00. The number of thioether (sulfide) groups is 1. The molecule has 0 saturated heterocycles. The molecular formula is C13H9BrFN3OS2. The molecule has 2 N–H and O–H groups in total. The molecule has 0 radical (unpaired) electrons. The summed E-state index contributed by atoms with van der Waals surface area (Å²) in [5.74, 6) is 1.04. The van der Waals surface area contributed by atoms with E-state index in [1.807, 2.05) is 12.1 Å². The van der Waals surface area contributed by atoms with Gasteiger partial charge in [0.15, 0.2) is 0 Å². The molecule has 0 bridgehead atoms. The van der Waals surface area contributed by atoms with Crippen LogP contribution in [0.5, 0.6) is 0 Å². The van der Waals surface area contributed by atoms with Crippen LogP contribution >= 0.6 is 39.0 Å². The number of nitrogen functional groups attached to an aromatic ring is 1. The summed E-state index contributed by atoms with van der Waals surface area (Å²) in [7, 11) is 0. The van der Waals surface area contributed by atoms with E-state index in [9.17, 15) is 4.39 Å². The van der Waals surface area contributed by atoms with Gasteiger partial charge in [-0.1, -0.05) is 0 Å². The quantitative estimate of drug-likeness (QED) is 0.526. The van der Waals surface area contributed by atoms with Gasteiger partial charge in [0.05, 0.1) is 20.1 Å². The summed E-state index contributed by atoms with van der Waals surface area (Å²) in [5.41, 5.74) is 5.58. The SMILES string of the molecule is Nc1ccc(SCc2nnc(-c3ccc(Br)s3)o2)cc1F. The molecule has 0 aliphatic rings. The van der Waals surface area contributed by atoms with Crippen LogP contribution in [0.25, 0.3) is 10.8 Å². The van der Waals surface area contributed by atoms with Crippen molar-refractivity contribution in [3.8, 4) is 10.8 Å². The molecule has 4 nitrogen and oxygen atoms in total. The van der Waals surface area contributed by atoms with E-state index < -0.39 is 5.82 Å². The summed E-state index contributed by atoms with van der Waals surface area (Å²) in [6.45, 7) is 0. The monoisotopic (exact) mass is 385 g/mol. The molecule has 21 heavy (non-hydrogen) atoms. The molecule has 0 spiro atoms. The van der Waals surface area contributed by atoms with Gasteiger partial charge in [0.2, 0.25) is 5.89 Å². The highest BCUT2D eigenvalue weighted by Crippen LogP contribution is 2.31. The van der Waals surface area contributed by atoms with E-state index in [2.05, 4.69) is 26.1 Å². The second-order valence-electron chi connectivity index (χ2n) is 4.08. The van der Waals surface area contributed by atoms with E-state index >= 15 is 0 Å². The standard InChI is InChI=1S/C13H9BrFN3OS2/c14-11-4-3-10(21-11)13-18-17-12(19-13)6-20-7-1-2-9(16)8(15)5-7/h1-5H,6,16H2. The lowest BCUT2D eigenvalue weighted by atomic mass is 10.3. The summed E-state index contributed by atoms with van der Waals surface area (Å²) in [4.78, 5) is 1.67. The van der Waals surface area contributed by atoms with E-state index in [4.69, 9.17) is 10.2 Å². The molecule has 3 aromatic rings. The van der Waals surface area contributed by atoms with E-state index in [0.717, 1.165) is 13.6 Å². The van der Waals surface area contributed by atoms with Crippen molar-refractivity contribution in [3.63, 3.8) is 0 Å².